The maximum atomic E-state index is 14.0. The van der Waals surface area contributed by atoms with Gasteiger partial charge in [0.2, 0.25) is 5.91 Å². The third kappa shape index (κ3) is 8.59. The van der Waals surface area contributed by atoms with E-state index in [4.69, 9.17) is 4.74 Å². The summed E-state index contributed by atoms with van der Waals surface area (Å²) in [6.45, 7) is 6.87. The van der Waals surface area contributed by atoms with E-state index < -0.39 is 11.6 Å². The number of para-hydroxylation sites is 2. The standard InChI is InChI=1S/C33H41N5O4S/c1-22(42-5)19-35-33(2,3)18-30(39)36-27-21-43-29-13-9-8-12-28(29)38(31(27)40)20-23-14-16-24(17-15-23)25-10-6-7-11-26(25)37-32(41)34-4/h6-17,22,27,35H,18-21H2,1-5H3,(H,36,39)(H2,34,37,41)/t22?,27-/m1/s1. The summed E-state index contributed by atoms with van der Waals surface area (Å²) < 4.78 is 5.31. The molecule has 228 valence electrons. The first kappa shape index (κ1) is 32.1. The van der Waals surface area contributed by atoms with Gasteiger partial charge in [0.15, 0.2) is 0 Å². The number of nitrogens with zero attached hydrogens (tertiary/aromatic N) is 1. The number of methoxy groups -OCH3 is 1. The minimum absolute atomic E-state index is 0.0252. The van der Waals surface area contributed by atoms with Crippen molar-refractivity contribution >= 4 is 41.0 Å². The van der Waals surface area contributed by atoms with Crippen LogP contribution in [0.3, 0.4) is 0 Å². The zero-order chi connectivity index (χ0) is 31.0. The summed E-state index contributed by atoms with van der Waals surface area (Å²) in [5.41, 5.74) is 3.84. The Labute approximate surface area is 258 Å². The molecule has 3 aromatic rings. The maximum Gasteiger partial charge on any atom is 0.318 e. The van der Waals surface area contributed by atoms with Crippen LogP contribution in [0.15, 0.2) is 77.7 Å². The number of amides is 4. The number of anilines is 2. The van der Waals surface area contributed by atoms with Crippen molar-refractivity contribution in [3.8, 4) is 11.1 Å². The summed E-state index contributed by atoms with van der Waals surface area (Å²) in [6, 6.07) is 22.4. The number of carbonyl (C=O) groups is 3. The van der Waals surface area contributed by atoms with Crippen LogP contribution in [0, 0.1) is 0 Å². The van der Waals surface area contributed by atoms with Crippen LogP contribution in [-0.2, 0) is 20.9 Å². The summed E-state index contributed by atoms with van der Waals surface area (Å²) in [7, 11) is 3.23. The fourth-order valence-corrected chi connectivity index (χ4v) is 5.91. The zero-order valence-corrected chi connectivity index (χ0v) is 26.2. The Morgan fingerprint density at radius 1 is 1.05 bits per heavy atom. The minimum atomic E-state index is -0.666. The van der Waals surface area contributed by atoms with Gasteiger partial charge >= 0.3 is 6.03 Å². The predicted molar refractivity (Wildman–Crippen MR) is 173 cm³/mol. The first-order valence-electron chi connectivity index (χ1n) is 14.4. The van der Waals surface area contributed by atoms with Gasteiger partial charge in [-0.2, -0.15) is 0 Å². The van der Waals surface area contributed by atoms with E-state index in [-0.39, 0.29) is 30.4 Å². The molecule has 1 unspecified atom stereocenters. The number of benzene rings is 3. The summed E-state index contributed by atoms with van der Waals surface area (Å²) in [6.07, 6.45) is 0.250. The summed E-state index contributed by atoms with van der Waals surface area (Å²) in [5.74, 6) is 0.121. The molecule has 4 amide bonds. The number of ether oxygens (including phenoxy) is 1. The smallest absolute Gasteiger partial charge is 0.318 e. The number of rotatable bonds is 11. The Bertz CT molecular complexity index is 1430. The molecule has 0 aromatic heterocycles. The number of thioether (sulfide) groups is 1. The molecular weight excluding hydrogens is 562 g/mol. The third-order valence-corrected chi connectivity index (χ3v) is 8.50. The Hall–Kier alpha value is -3.86. The first-order chi connectivity index (χ1) is 20.6. The lowest BCUT2D eigenvalue weighted by molar-refractivity contribution is -0.128. The van der Waals surface area contributed by atoms with Crippen molar-refractivity contribution in [1.82, 2.24) is 16.0 Å². The van der Waals surface area contributed by atoms with Crippen LogP contribution in [0.1, 0.15) is 32.8 Å². The molecule has 1 aliphatic heterocycles. The van der Waals surface area contributed by atoms with Crippen LogP contribution in [0.5, 0.6) is 0 Å². The van der Waals surface area contributed by atoms with Crippen LogP contribution < -0.4 is 26.2 Å². The largest absolute Gasteiger partial charge is 0.380 e. The van der Waals surface area contributed by atoms with Crippen LogP contribution in [0.25, 0.3) is 11.1 Å². The van der Waals surface area contributed by atoms with Gasteiger partial charge in [0.05, 0.1) is 24.0 Å². The van der Waals surface area contributed by atoms with E-state index in [1.54, 1.807) is 30.8 Å². The molecule has 0 fully saturated rings. The quantitative estimate of drug-likeness (QED) is 0.245. The highest BCUT2D eigenvalue weighted by atomic mass is 32.2. The van der Waals surface area contributed by atoms with Crippen molar-refractivity contribution in [1.29, 1.82) is 0 Å². The van der Waals surface area contributed by atoms with E-state index in [1.165, 1.54) is 0 Å². The van der Waals surface area contributed by atoms with Gasteiger partial charge in [-0.15, -0.1) is 11.8 Å². The second-order valence-electron chi connectivity index (χ2n) is 11.3. The van der Waals surface area contributed by atoms with Gasteiger partial charge in [-0.05, 0) is 50.1 Å². The molecule has 0 saturated carbocycles. The molecule has 0 saturated heterocycles. The molecule has 10 heteroatoms. The van der Waals surface area contributed by atoms with E-state index in [1.807, 2.05) is 93.6 Å². The highest BCUT2D eigenvalue weighted by Gasteiger charge is 2.33. The van der Waals surface area contributed by atoms with E-state index >= 15 is 0 Å². The van der Waals surface area contributed by atoms with Gasteiger partial charge in [-0.1, -0.05) is 54.6 Å². The van der Waals surface area contributed by atoms with E-state index in [0.717, 1.165) is 27.3 Å². The monoisotopic (exact) mass is 603 g/mol. The Morgan fingerprint density at radius 3 is 2.47 bits per heavy atom. The van der Waals surface area contributed by atoms with Crippen molar-refractivity contribution in [3.05, 3.63) is 78.4 Å². The number of fused-ring (bicyclic) bond motifs is 1. The second kappa shape index (κ2) is 14.5. The lowest BCUT2D eigenvalue weighted by Crippen LogP contribution is -2.52. The normalized spacial score (nSPS) is 15.7. The Balaban J connectivity index is 1.51. The van der Waals surface area contributed by atoms with Crippen LogP contribution >= 0.6 is 11.8 Å². The van der Waals surface area contributed by atoms with Crippen LogP contribution in [0.4, 0.5) is 16.2 Å². The zero-order valence-electron chi connectivity index (χ0n) is 25.4. The van der Waals surface area contributed by atoms with Crippen molar-refractivity contribution < 1.29 is 19.1 Å². The fraction of sp³-hybridized carbons (Fsp3) is 0.364. The lowest BCUT2D eigenvalue weighted by Gasteiger charge is -2.29. The summed E-state index contributed by atoms with van der Waals surface area (Å²) >= 11 is 1.57. The molecule has 0 bridgehead atoms. The molecule has 1 aliphatic rings. The molecule has 2 atom stereocenters. The van der Waals surface area contributed by atoms with Gasteiger partial charge in [0.25, 0.3) is 5.91 Å². The molecule has 0 spiro atoms. The lowest BCUT2D eigenvalue weighted by atomic mass is 9.99. The fourth-order valence-electron chi connectivity index (χ4n) is 4.83. The molecule has 4 rings (SSSR count). The number of nitrogens with one attached hydrogen (secondary N) is 4. The van der Waals surface area contributed by atoms with Gasteiger partial charge in [-0.25, -0.2) is 4.79 Å². The van der Waals surface area contributed by atoms with Gasteiger partial charge < -0.3 is 30.9 Å². The second-order valence-corrected chi connectivity index (χ2v) is 12.3. The minimum Gasteiger partial charge on any atom is -0.380 e. The summed E-state index contributed by atoms with van der Waals surface area (Å²) in [4.78, 5) is 41.8. The average Bonchev–Trinajstić information content (AvgIpc) is 3.12. The number of hydrogen-bond donors (Lipinski definition) is 4. The predicted octanol–water partition coefficient (Wildman–Crippen LogP) is 5.02. The Kier molecular flexibility index (Phi) is 10.8. The van der Waals surface area contributed by atoms with Crippen molar-refractivity contribution in [3.63, 3.8) is 0 Å². The maximum absolute atomic E-state index is 14.0. The van der Waals surface area contributed by atoms with Crippen molar-refractivity contribution in [2.75, 3.05) is 36.7 Å². The number of hydrogen-bond acceptors (Lipinski definition) is 6. The highest BCUT2D eigenvalue weighted by Crippen LogP contribution is 2.35. The van der Waals surface area contributed by atoms with Crippen LogP contribution in [0.2, 0.25) is 0 Å². The highest BCUT2D eigenvalue weighted by molar-refractivity contribution is 7.99. The van der Waals surface area contributed by atoms with Crippen molar-refractivity contribution in [2.24, 2.45) is 0 Å². The molecule has 1 heterocycles. The molecular formula is C33H41N5O4S. The van der Waals surface area contributed by atoms with Crippen LogP contribution in [-0.4, -0.2) is 62.0 Å². The molecule has 3 aromatic carbocycles. The first-order valence-corrected chi connectivity index (χ1v) is 15.4. The average molecular weight is 604 g/mol. The van der Waals surface area contributed by atoms with E-state index in [9.17, 15) is 14.4 Å². The number of urea groups is 1. The number of carbonyl (C=O) groups excluding carboxylic acids is 3. The molecule has 9 nitrogen and oxygen atoms in total. The third-order valence-electron chi connectivity index (χ3n) is 7.34. The van der Waals surface area contributed by atoms with Gasteiger partial charge in [-0.3, -0.25) is 9.59 Å². The Morgan fingerprint density at radius 2 is 1.74 bits per heavy atom. The van der Waals surface area contributed by atoms with E-state index in [2.05, 4.69) is 21.3 Å². The molecule has 0 aliphatic carbocycles. The summed E-state index contributed by atoms with van der Waals surface area (Å²) in [5, 5.41) is 11.8. The molecule has 43 heavy (non-hydrogen) atoms. The SMILES string of the molecule is CNC(=O)Nc1ccccc1-c1ccc(CN2C(=O)[C@H](NC(=O)CC(C)(C)NCC(C)OC)CSc3ccccc32)cc1. The van der Waals surface area contributed by atoms with E-state index in [0.29, 0.717) is 24.5 Å². The molecule has 0 radical (unpaired) electrons. The van der Waals surface area contributed by atoms with Gasteiger partial charge in [0.1, 0.15) is 6.04 Å². The molecule has 4 N–H and O–H groups in total. The van der Waals surface area contributed by atoms with Crippen molar-refractivity contribution in [2.45, 2.75) is 56.3 Å². The topological polar surface area (TPSA) is 112 Å². The van der Waals surface area contributed by atoms with Gasteiger partial charge in [0, 0.05) is 48.9 Å².